The van der Waals surface area contributed by atoms with Crippen molar-refractivity contribution in [1.29, 1.82) is 0 Å². The van der Waals surface area contributed by atoms with Gasteiger partial charge in [-0.25, -0.2) is 0 Å². The van der Waals surface area contributed by atoms with Gasteiger partial charge < -0.3 is 14.8 Å². The number of piperidine rings is 1. The van der Waals surface area contributed by atoms with Crippen molar-refractivity contribution in [1.82, 2.24) is 5.32 Å². The first-order chi connectivity index (χ1) is 7.43. The van der Waals surface area contributed by atoms with Crippen molar-refractivity contribution in [3.8, 4) is 12.3 Å². The molecule has 0 aliphatic carbocycles. The first-order valence-electron chi connectivity index (χ1n) is 5.73. The van der Waals surface area contributed by atoms with Gasteiger partial charge in [0, 0.05) is 6.61 Å². The third-order valence-corrected chi connectivity index (χ3v) is 2.69. The van der Waals surface area contributed by atoms with Gasteiger partial charge in [-0.2, -0.15) is 0 Å². The molecule has 86 valence electrons. The summed E-state index contributed by atoms with van der Waals surface area (Å²) in [5, 5.41) is 3.36. The Morgan fingerprint density at radius 1 is 1.13 bits per heavy atom. The number of hydrogen-bond acceptors (Lipinski definition) is 3. The van der Waals surface area contributed by atoms with Crippen LogP contribution in [0.5, 0.6) is 0 Å². The first-order valence-corrected chi connectivity index (χ1v) is 5.73. The predicted molar refractivity (Wildman–Crippen MR) is 60.7 cm³/mol. The van der Waals surface area contributed by atoms with Crippen LogP contribution in [0.3, 0.4) is 0 Å². The molecule has 0 amide bonds. The molecule has 1 heterocycles. The molecule has 1 fully saturated rings. The van der Waals surface area contributed by atoms with Crippen molar-refractivity contribution in [2.75, 3.05) is 39.5 Å². The molecule has 0 radical (unpaired) electrons. The van der Waals surface area contributed by atoms with Gasteiger partial charge in [-0.05, 0) is 38.3 Å². The molecule has 1 rings (SSSR count). The zero-order valence-corrected chi connectivity index (χ0v) is 9.34. The lowest BCUT2D eigenvalue weighted by atomic mass is 9.95. The van der Waals surface area contributed by atoms with E-state index in [9.17, 15) is 0 Å². The lowest BCUT2D eigenvalue weighted by Gasteiger charge is -2.22. The van der Waals surface area contributed by atoms with Gasteiger partial charge in [0.2, 0.25) is 0 Å². The van der Waals surface area contributed by atoms with E-state index in [0.717, 1.165) is 25.6 Å². The van der Waals surface area contributed by atoms with Crippen molar-refractivity contribution in [3.63, 3.8) is 0 Å². The maximum Gasteiger partial charge on any atom is 0.107 e. The molecule has 1 aliphatic rings. The van der Waals surface area contributed by atoms with Gasteiger partial charge in [0.05, 0.1) is 13.2 Å². The second-order valence-corrected chi connectivity index (χ2v) is 3.85. The highest BCUT2D eigenvalue weighted by atomic mass is 16.5. The van der Waals surface area contributed by atoms with Crippen LogP contribution in [0.15, 0.2) is 0 Å². The van der Waals surface area contributed by atoms with Gasteiger partial charge in [0.15, 0.2) is 0 Å². The maximum absolute atomic E-state index is 5.47. The van der Waals surface area contributed by atoms with E-state index < -0.39 is 0 Å². The number of nitrogens with one attached hydrogen (secondary N) is 1. The number of ether oxygens (including phenoxy) is 2. The lowest BCUT2D eigenvalue weighted by Crippen LogP contribution is -2.28. The Hall–Kier alpha value is -0.560. The third kappa shape index (κ3) is 6.51. The summed E-state index contributed by atoms with van der Waals surface area (Å²) in [6, 6.07) is 0. The van der Waals surface area contributed by atoms with Crippen LogP contribution in [0, 0.1) is 18.3 Å². The van der Waals surface area contributed by atoms with Gasteiger partial charge in [0.1, 0.15) is 6.61 Å². The Bertz CT molecular complexity index is 183. The highest BCUT2D eigenvalue weighted by Gasteiger charge is 2.11. The maximum atomic E-state index is 5.47. The molecule has 0 unspecified atom stereocenters. The minimum absolute atomic E-state index is 0.387. The third-order valence-electron chi connectivity index (χ3n) is 2.69. The number of terminal acetylenes is 1. The molecule has 1 aliphatic heterocycles. The minimum Gasteiger partial charge on any atom is -0.379 e. The number of hydrogen-bond donors (Lipinski definition) is 1. The topological polar surface area (TPSA) is 30.5 Å². The van der Waals surface area contributed by atoms with Crippen molar-refractivity contribution in [2.45, 2.75) is 19.3 Å². The second-order valence-electron chi connectivity index (χ2n) is 3.85. The Balaban J connectivity index is 1.82. The van der Waals surface area contributed by atoms with Gasteiger partial charge in [-0.3, -0.25) is 0 Å². The minimum atomic E-state index is 0.387. The fraction of sp³-hybridized carbons (Fsp3) is 0.833. The summed E-state index contributed by atoms with van der Waals surface area (Å²) in [4.78, 5) is 0. The quantitative estimate of drug-likeness (QED) is 0.504. The Morgan fingerprint density at radius 3 is 2.60 bits per heavy atom. The summed E-state index contributed by atoms with van der Waals surface area (Å²) in [6.45, 7) is 4.83. The second kappa shape index (κ2) is 8.72. The molecule has 0 bridgehead atoms. The van der Waals surface area contributed by atoms with Crippen LogP contribution in [0.4, 0.5) is 0 Å². The molecular formula is C12H21NO2. The zero-order valence-electron chi connectivity index (χ0n) is 9.34. The van der Waals surface area contributed by atoms with Crippen LogP contribution in [0.1, 0.15) is 19.3 Å². The van der Waals surface area contributed by atoms with Gasteiger partial charge in [0.25, 0.3) is 0 Å². The molecule has 3 nitrogen and oxygen atoms in total. The number of rotatable bonds is 7. The van der Waals surface area contributed by atoms with Gasteiger partial charge in [-0.15, -0.1) is 6.42 Å². The van der Waals surface area contributed by atoms with E-state index in [2.05, 4.69) is 11.2 Å². The summed E-state index contributed by atoms with van der Waals surface area (Å²) in [5.74, 6) is 3.27. The SMILES string of the molecule is C#CCOCCOCCC1CCNCC1. The summed E-state index contributed by atoms with van der Waals surface area (Å²) >= 11 is 0. The van der Waals surface area contributed by atoms with Crippen molar-refractivity contribution in [2.24, 2.45) is 5.92 Å². The predicted octanol–water partition coefficient (Wildman–Crippen LogP) is 1.04. The molecule has 0 saturated carbocycles. The summed E-state index contributed by atoms with van der Waals surface area (Å²) < 4.78 is 10.6. The van der Waals surface area contributed by atoms with Crippen LogP contribution in [-0.4, -0.2) is 39.5 Å². The van der Waals surface area contributed by atoms with E-state index in [1.54, 1.807) is 0 Å². The van der Waals surface area contributed by atoms with Gasteiger partial charge >= 0.3 is 0 Å². The molecule has 0 atom stereocenters. The molecule has 0 aromatic carbocycles. The summed E-state index contributed by atoms with van der Waals surface area (Å²) in [6.07, 6.45) is 8.80. The van der Waals surface area contributed by atoms with E-state index in [1.165, 1.54) is 19.3 Å². The van der Waals surface area contributed by atoms with E-state index in [4.69, 9.17) is 15.9 Å². The average Bonchev–Trinajstić information content (AvgIpc) is 2.29. The molecular weight excluding hydrogens is 190 g/mol. The Kier molecular flexibility index (Phi) is 7.28. The summed E-state index contributed by atoms with van der Waals surface area (Å²) in [5.41, 5.74) is 0. The fourth-order valence-electron chi connectivity index (χ4n) is 1.77. The molecule has 0 aromatic heterocycles. The van der Waals surface area contributed by atoms with Crippen LogP contribution < -0.4 is 5.32 Å². The van der Waals surface area contributed by atoms with E-state index >= 15 is 0 Å². The van der Waals surface area contributed by atoms with Crippen LogP contribution in [0.2, 0.25) is 0 Å². The van der Waals surface area contributed by atoms with E-state index in [0.29, 0.717) is 19.8 Å². The van der Waals surface area contributed by atoms with Crippen molar-refractivity contribution in [3.05, 3.63) is 0 Å². The Morgan fingerprint density at radius 2 is 1.87 bits per heavy atom. The zero-order chi connectivity index (χ0) is 10.8. The summed E-state index contributed by atoms with van der Waals surface area (Å²) in [7, 11) is 0. The molecule has 0 aromatic rings. The van der Waals surface area contributed by atoms with Crippen LogP contribution in [-0.2, 0) is 9.47 Å². The molecule has 1 saturated heterocycles. The highest BCUT2D eigenvalue weighted by Crippen LogP contribution is 2.15. The monoisotopic (exact) mass is 211 g/mol. The van der Waals surface area contributed by atoms with Gasteiger partial charge in [-0.1, -0.05) is 5.92 Å². The Labute approximate surface area is 92.5 Å². The lowest BCUT2D eigenvalue weighted by molar-refractivity contribution is 0.0525. The average molecular weight is 211 g/mol. The van der Waals surface area contributed by atoms with Crippen LogP contribution in [0.25, 0.3) is 0 Å². The van der Waals surface area contributed by atoms with E-state index in [-0.39, 0.29) is 0 Å². The fourth-order valence-corrected chi connectivity index (χ4v) is 1.77. The first kappa shape index (κ1) is 12.5. The van der Waals surface area contributed by atoms with E-state index in [1.807, 2.05) is 0 Å². The smallest absolute Gasteiger partial charge is 0.107 e. The standard InChI is InChI=1S/C12H21NO2/c1-2-8-14-10-11-15-9-5-12-3-6-13-7-4-12/h1,12-13H,3-11H2. The van der Waals surface area contributed by atoms with Crippen LogP contribution >= 0.6 is 0 Å². The van der Waals surface area contributed by atoms with Crippen molar-refractivity contribution >= 4 is 0 Å². The largest absolute Gasteiger partial charge is 0.379 e. The molecule has 0 spiro atoms. The molecule has 15 heavy (non-hydrogen) atoms. The molecule has 3 heteroatoms. The highest BCUT2D eigenvalue weighted by molar-refractivity contribution is 4.82. The van der Waals surface area contributed by atoms with Crippen molar-refractivity contribution < 1.29 is 9.47 Å². The molecule has 1 N–H and O–H groups in total. The normalized spacial score (nSPS) is 17.5.